The summed E-state index contributed by atoms with van der Waals surface area (Å²) in [7, 11) is 1.87. The summed E-state index contributed by atoms with van der Waals surface area (Å²) in [5, 5.41) is 13.9. The number of rotatable bonds is 3. The molecule has 2 unspecified atom stereocenters. The predicted octanol–water partition coefficient (Wildman–Crippen LogP) is 2.97. The number of halogens is 1. The minimum atomic E-state index is -0.326. The Bertz CT molecular complexity index is 428. The van der Waals surface area contributed by atoms with E-state index in [1.807, 2.05) is 25.4 Å². The van der Waals surface area contributed by atoms with Gasteiger partial charge in [-0.2, -0.15) is 5.26 Å². The highest BCUT2D eigenvalue weighted by atomic mass is 79.9. The van der Waals surface area contributed by atoms with Crippen LogP contribution < -0.4 is 5.32 Å². The monoisotopic (exact) mass is 311 g/mol. The molecule has 0 aliphatic heterocycles. The van der Waals surface area contributed by atoms with Crippen LogP contribution in [0.4, 0.5) is 0 Å². The van der Waals surface area contributed by atoms with Gasteiger partial charge in [-0.05, 0) is 54.4 Å². The van der Waals surface area contributed by atoms with Crippen molar-refractivity contribution in [1.82, 2.24) is 10.3 Å². The minimum absolute atomic E-state index is 0.326. The lowest BCUT2D eigenvalue weighted by Gasteiger charge is -2.19. The first-order valence-electron chi connectivity index (χ1n) is 5.56. The summed E-state index contributed by atoms with van der Waals surface area (Å²) in [5.41, 5.74) is -0.326. The standard InChI is InChI=1S/C12H14BrN3S/c1-15-12(8-14)5-4-10(6-12)17-11-3-2-9(13)7-16-11/h2-3,7,10,15H,4-6H2,1H3. The van der Waals surface area contributed by atoms with E-state index in [1.54, 1.807) is 11.8 Å². The van der Waals surface area contributed by atoms with Gasteiger partial charge >= 0.3 is 0 Å². The number of nitrogens with zero attached hydrogens (tertiary/aromatic N) is 2. The molecule has 1 N–H and O–H groups in total. The number of nitrogens with one attached hydrogen (secondary N) is 1. The summed E-state index contributed by atoms with van der Waals surface area (Å²) in [6, 6.07) is 6.41. The molecule has 5 heteroatoms. The summed E-state index contributed by atoms with van der Waals surface area (Å²) < 4.78 is 0.995. The molecule has 0 bridgehead atoms. The first-order valence-corrected chi connectivity index (χ1v) is 7.23. The Labute approximate surface area is 114 Å². The zero-order valence-electron chi connectivity index (χ0n) is 9.61. The van der Waals surface area contributed by atoms with Crippen molar-refractivity contribution in [3.63, 3.8) is 0 Å². The zero-order chi connectivity index (χ0) is 12.3. The molecule has 0 radical (unpaired) electrons. The van der Waals surface area contributed by atoms with Crippen LogP contribution in [0.3, 0.4) is 0 Å². The van der Waals surface area contributed by atoms with Crippen molar-refractivity contribution >= 4 is 27.7 Å². The van der Waals surface area contributed by atoms with Gasteiger partial charge in [-0.15, -0.1) is 11.8 Å². The molecule has 0 spiro atoms. The average molecular weight is 312 g/mol. The minimum Gasteiger partial charge on any atom is -0.302 e. The summed E-state index contributed by atoms with van der Waals surface area (Å²) in [4.78, 5) is 4.35. The van der Waals surface area contributed by atoms with Crippen LogP contribution in [0.25, 0.3) is 0 Å². The van der Waals surface area contributed by atoms with E-state index in [4.69, 9.17) is 0 Å². The maximum absolute atomic E-state index is 9.19. The van der Waals surface area contributed by atoms with E-state index in [9.17, 15) is 5.26 Å². The van der Waals surface area contributed by atoms with Crippen LogP contribution in [-0.2, 0) is 0 Å². The van der Waals surface area contributed by atoms with E-state index < -0.39 is 0 Å². The molecule has 1 saturated carbocycles. The highest BCUT2D eigenvalue weighted by Crippen LogP contribution is 2.39. The molecule has 1 aromatic heterocycles. The maximum atomic E-state index is 9.19. The third kappa shape index (κ3) is 3.01. The Morgan fingerprint density at radius 3 is 3.00 bits per heavy atom. The molecule has 2 rings (SSSR count). The highest BCUT2D eigenvalue weighted by Gasteiger charge is 2.38. The SMILES string of the molecule is CNC1(C#N)CCC(Sc2ccc(Br)cn2)C1. The van der Waals surface area contributed by atoms with Crippen LogP contribution in [0, 0.1) is 11.3 Å². The first-order chi connectivity index (χ1) is 8.17. The third-order valence-corrected chi connectivity index (χ3v) is 4.84. The van der Waals surface area contributed by atoms with Gasteiger partial charge in [-0.1, -0.05) is 0 Å². The van der Waals surface area contributed by atoms with Gasteiger partial charge in [-0.3, -0.25) is 0 Å². The van der Waals surface area contributed by atoms with Gasteiger partial charge in [0.2, 0.25) is 0 Å². The highest BCUT2D eigenvalue weighted by molar-refractivity contribution is 9.10. The first kappa shape index (κ1) is 12.9. The largest absolute Gasteiger partial charge is 0.302 e. The van der Waals surface area contributed by atoms with Crippen molar-refractivity contribution < 1.29 is 0 Å². The third-order valence-electron chi connectivity index (χ3n) is 3.15. The van der Waals surface area contributed by atoms with E-state index in [2.05, 4.69) is 32.3 Å². The van der Waals surface area contributed by atoms with Gasteiger partial charge in [0, 0.05) is 15.9 Å². The molecule has 1 aliphatic rings. The van der Waals surface area contributed by atoms with Crippen LogP contribution in [0.2, 0.25) is 0 Å². The number of hydrogen-bond donors (Lipinski definition) is 1. The Hall–Kier alpha value is -0.570. The maximum Gasteiger partial charge on any atom is 0.107 e. The van der Waals surface area contributed by atoms with Crippen molar-refractivity contribution in [3.8, 4) is 6.07 Å². The quantitative estimate of drug-likeness (QED) is 0.932. The molecule has 1 aliphatic carbocycles. The molecule has 1 heterocycles. The number of pyridine rings is 1. The van der Waals surface area contributed by atoms with E-state index in [0.717, 1.165) is 28.8 Å². The summed E-state index contributed by atoms with van der Waals surface area (Å²) >= 11 is 5.14. The van der Waals surface area contributed by atoms with Crippen molar-refractivity contribution in [2.75, 3.05) is 7.05 Å². The molecule has 3 nitrogen and oxygen atoms in total. The Balaban J connectivity index is 1.98. The second-order valence-corrected chi connectivity index (χ2v) is 6.48. The Kier molecular flexibility index (Phi) is 4.08. The van der Waals surface area contributed by atoms with Crippen molar-refractivity contribution in [3.05, 3.63) is 22.8 Å². The summed E-state index contributed by atoms with van der Waals surface area (Å²) in [6.07, 6.45) is 4.69. The van der Waals surface area contributed by atoms with Crippen LogP contribution >= 0.6 is 27.7 Å². The van der Waals surface area contributed by atoms with Gasteiger partial charge in [0.1, 0.15) is 5.54 Å². The fourth-order valence-electron chi connectivity index (χ4n) is 2.09. The number of nitriles is 1. The molecule has 0 aromatic carbocycles. The predicted molar refractivity (Wildman–Crippen MR) is 72.8 cm³/mol. The molecular formula is C12H14BrN3S. The van der Waals surface area contributed by atoms with E-state index in [-0.39, 0.29) is 5.54 Å². The number of aromatic nitrogens is 1. The van der Waals surface area contributed by atoms with E-state index >= 15 is 0 Å². The van der Waals surface area contributed by atoms with Crippen LogP contribution in [0.1, 0.15) is 19.3 Å². The summed E-state index contributed by atoms with van der Waals surface area (Å²) in [5.74, 6) is 0. The molecular weight excluding hydrogens is 298 g/mol. The van der Waals surface area contributed by atoms with Crippen molar-refractivity contribution in [2.45, 2.75) is 35.1 Å². The van der Waals surface area contributed by atoms with Crippen LogP contribution in [0.15, 0.2) is 27.8 Å². The van der Waals surface area contributed by atoms with Crippen molar-refractivity contribution in [2.24, 2.45) is 0 Å². The molecule has 2 atom stereocenters. The molecule has 0 amide bonds. The number of thioether (sulfide) groups is 1. The topological polar surface area (TPSA) is 48.7 Å². The fraction of sp³-hybridized carbons (Fsp3) is 0.500. The van der Waals surface area contributed by atoms with E-state index in [1.165, 1.54) is 0 Å². The lowest BCUT2D eigenvalue weighted by Crippen LogP contribution is -2.38. The van der Waals surface area contributed by atoms with Gasteiger partial charge in [0.25, 0.3) is 0 Å². The molecule has 1 aromatic rings. The second-order valence-electron chi connectivity index (χ2n) is 4.24. The molecule has 1 fully saturated rings. The van der Waals surface area contributed by atoms with Gasteiger partial charge in [0.15, 0.2) is 0 Å². The van der Waals surface area contributed by atoms with Gasteiger partial charge < -0.3 is 5.32 Å². The summed E-state index contributed by atoms with van der Waals surface area (Å²) in [6.45, 7) is 0. The van der Waals surface area contributed by atoms with Gasteiger partial charge in [0.05, 0.1) is 11.1 Å². The molecule has 17 heavy (non-hydrogen) atoms. The fourth-order valence-corrected chi connectivity index (χ4v) is 3.53. The van der Waals surface area contributed by atoms with Crippen molar-refractivity contribution in [1.29, 1.82) is 5.26 Å². The average Bonchev–Trinajstić information content (AvgIpc) is 2.76. The van der Waals surface area contributed by atoms with Crippen LogP contribution in [-0.4, -0.2) is 22.8 Å². The number of hydrogen-bond acceptors (Lipinski definition) is 4. The van der Waals surface area contributed by atoms with Crippen LogP contribution in [0.5, 0.6) is 0 Å². The molecule has 0 saturated heterocycles. The lowest BCUT2D eigenvalue weighted by molar-refractivity contribution is 0.464. The Morgan fingerprint density at radius 2 is 2.47 bits per heavy atom. The zero-order valence-corrected chi connectivity index (χ0v) is 12.0. The van der Waals surface area contributed by atoms with E-state index in [0.29, 0.717) is 5.25 Å². The second kappa shape index (κ2) is 5.38. The Morgan fingerprint density at radius 1 is 1.65 bits per heavy atom. The molecule has 90 valence electrons. The smallest absolute Gasteiger partial charge is 0.107 e. The normalized spacial score (nSPS) is 27.9. The van der Waals surface area contributed by atoms with Gasteiger partial charge in [-0.25, -0.2) is 4.98 Å². The lowest BCUT2D eigenvalue weighted by atomic mass is 10.0.